The topological polar surface area (TPSA) is 50.8 Å². The maximum Gasteiger partial charge on any atom is 0.322 e. The lowest BCUT2D eigenvalue weighted by Gasteiger charge is -2.27. The third-order valence-corrected chi connectivity index (χ3v) is 5.74. The average Bonchev–Trinajstić information content (AvgIpc) is 3.14. The molecule has 4 rings (SSSR count). The lowest BCUT2D eigenvalue weighted by Crippen LogP contribution is -2.34. The molecule has 2 aromatic rings. The Morgan fingerprint density at radius 1 is 1.15 bits per heavy atom. The number of anilines is 1. The fourth-order valence-corrected chi connectivity index (χ4v) is 3.87. The maximum absolute atomic E-state index is 12.8. The van der Waals surface area contributed by atoms with Gasteiger partial charge in [0.05, 0.1) is 6.04 Å². The quantitative estimate of drug-likeness (QED) is 0.757. The van der Waals surface area contributed by atoms with Crippen LogP contribution < -0.4 is 14.8 Å². The Kier molecular flexibility index (Phi) is 4.76. The Balaban J connectivity index is 1.52. The van der Waals surface area contributed by atoms with Gasteiger partial charge in [-0.3, -0.25) is 0 Å². The van der Waals surface area contributed by atoms with Gasteiger partial charge in [0.1, 0.15) is 13.2 Å². The van der Waals surface area contributed by atoms with E-state index in [1.165, 1.54) is 0 Å². The van der Waals surface area contributed by atoms with E-state index in [1.807, 2.05) is 48.2 Å². The first-order chi connectivity index (χ1) is 12.6. The number of rotatable bonds is 2. The van der Waals surface area contributed by atoms with E-state index in [0.29, 0.717) is 13.2 Å². The molecule has 5 nitrogen and oxygen atoms in total. The van der Waals surface area contributed by atoms with Crippen LogP contribution in [0.25, 0.3) is 0 Å². The summed E-state index contributed by atoms with van der Waals surface area (Å²) in [6.45, 7) is 3.91. The van der Waals surface area contributed by atoms with Gasteiger partial charge < -0.3 is 19.7 Å². The van der Waals surface area contributed by atoms with Crippen LogP contribution in [0.4, 0.5) is 10.5 Å². The molecule has 0 saturated carbocycles. The zero-order valence-corrected chi connectivity index (χ0v) is 16.2. The molecule has 0 aliphatic carbocycles. The van der Waals surface area contributed by atoms with Gasteiger partial charge in [-0.25, -0.2) is 4.79 Å². The number of amides is 2. The van der Waals surface area contributed by atoms with E-state index in [2.05, 4.69) is 21.2 Å². The maximum atomic E-state index is 12.8. The van der Waals surface area contributed by atoms with Gasteiger partial charge in [0.25, 0.3) is 0 Å². The van der Waals surface area contributed by atoms with E-state index in [0.717, 1.165) is 52.2 Å². The van der Waals surface area contributed by atoms with Crippen LogP contribution in [0.3, 0.4) is 0 Å². The summed E-state index contributed by atoms with van der Waals surface area (Å²) < 4.78 is 12.3. The van der Waals surface area contributed by atoms with E-state index < -0.39 is 0 Å². The number of hydrogen-bond acceptors (Lipinski definition) is 3. The highest BCUT2D eigenvalue weighted by molar-refractivity contribution is 9.10. The van der Waals surface area contributed by atoms with E-state index in [9.17, 15) is 4.79 Å². The standard InChI is InChI=1S/C20H21BrN2O3/c1-13-4-6-15(12-16(13)21)22-20(24)23-8-2-3-17(23)14-5-7-18-19(11-14)26-10-9-25-18/h4-7,11-12,17H,2-3,8-10H2,1H3,(H,22,24). The molecule has 1 saturated heterocycles. The molecule has 2 aromatic carbocycles. The van der Waals surface area contributed by atoms with Crippen molar-refractivity contribution in [3.63, 3.8) is 0 Å². The van der Waals surface area contributed by atoms with Gasteiger partial charge in [-0.05, 0) is 55.2 Å². The Morgan fingerprint density at radius 2 is 1.96 bits per heavy atom. The highest BCUT2D eigenvalue weighted by Gasteiger charge is 2.31. The zero-order valence-electron chi connectivity index (χ0n) is 14.6. The van der Waals surface area contributed by atoms with E-state index in [1.54, 1.807) is 0 Å². The third kappa shape index (κ3) is 3.38. The molecule has 1 atom stereocenters. The first-order valence-electron chi connectivity index (χ1n) is 8.85. The van der Waals surface area contributed by atoms with Crippen LogP contribution in [0, 0.1) is 6.92 Å². The number of benzene rings is 2. The highest BCUT2D eigenvalue weighted by atomic mass is 79.9. The minimum absolute atomic E-state index is 0.0553. The molecule has 0 spiro atoms. The first kappa shape index (κ1) is 17.2. The molecule has 2 aliphatic rings. The van der Waals surface area contributed by atoms with Crippen molar-refractivity contribution in [3.8, 4) is 11.5 Å². The second-order valence-electron chi connectivity index (χ2n) is 6.65. The number of likely N-dealkylation sites (tertiary alicyclic amines) is 1. The van der Waals surface area contributed by atoms with Crippen molar-refractivity contribution in [3.05, 3.63) is 52.0 Å². The summed E-state index contributed by atoms with van der Waals surface area (Å²) in [5.41, 5.74) is 3.02. The number of fused-ring (bicyclic) bond motifs is 1. The molecule has 0 bridgehead atoms. The van der Waals surface area contributed by atoms with Gasteiger partial charge in [-0.1, -0.05) is 28.1 Å². The fourth-order valence-electron chi connectivity index (χ4n) is 3.49. The molecule has 26 heavy (non-hydrogen) atoms. The molecular formula is C20H21BrN2O3. The number of hydrogen-bond donors (Lipinski definition) is 1. The number of nitrogens with zero attached hydrogens (tertiary/aromatic N) is 1. The van der Waals surface area contributed by atoms with Crippen LogP contribution in [-0.4, -0.2) is 30.7 Å². The summed E-state index contributed by atoms with van der Waals surface area (Å²) in [6.07, 6.45) is 1.94. The Morgan fingerprint density at radius 3 is 2.77 bits per heavy atom. The molecule has 2 heterocycles. The molecule has 0 aromatic heterocycles. The van der Waals surface area contributed by atoms with Crippen LogP contribution >= 0.6 is 15.9 Å². The minimum atomic E-state index is -0.0712. The number of urea groups is 1. The van der Waals surface area contributed by atoms with E-state index in [-0.39, 0.29) is 12.1 Å². The monoisotopic (exact) mass is 416 g/mol. The third-order valence-electron chi connectivity index (χ3n) is 4.89. The highest BCUT2D eigenvalue weighted by Crippen LogP contribution is 2.38. The molecule has 1 N–H and O–H groups in total. The van der Waals surface area contributed by atoms with Gasteiger partial charge in [0.2, 0.25) is 0 Å². The van der Waals surface area contributed by atoms with Crippen LogP contribution in [0.1, 0.15) is 30.0 Å². The smallest absolute Gasteiger partial charge is 0.322 e. The summed E-state index contributed by atoms with van der Waals surface area (Å²) in [5.74, 6) is 1.54. The lowest BCUT2D eigenvalue weighted by molar-refractivity contribution is 0.170. The predicted molar refractivity (Wildman–Crippen MR) is 104 cm³/mol. The summed E-state index contributed by atoms with van der Waals surface area (Å²) in [7, 11) is 0. The van der Waals surface area contributed by atoms with Gasteiger partial charge in [0.15, 0.2) is 11.5 Å². The van der Waals surface area contributed by atoms with Gasteiger partial charge in [0, 0.05) is 16.7 Å². The van der Waals surface area contributed by atoms with Crippen molar-refractivity contribution >= 4 is 27.6 Å². The molecule has 1 fully saturated rings. The lowest BCUT2D eigenvalue weighted by atomic mass is 10.0. The van der Waals surface area contributed by atoms with Crippen molar-refractivity contribution in [2.75, 3.05) is 25.1 Å². The number of ether oxygens (including phenoxy) is 2. The second kappa shape index (κ2) is 7.19. The normalized spacial score (nSPS) is 18.7. The predicted octanol–water partition coefficient (Wildman–Crippen LogP) is 4.90. The number of halogens is 1. The van der Waals surface area contributed by atoms with E-state index in [4.69, 9.17) is 9.47 Å². The largest absolute Gasteiger partial charge is 0.486 e. The summed E-state index contributed by atoms with van der Waals surface area (Å²) >= 11 is 3.51. The number of aryl methyl sites for hydroxylation is 1. The van der Waals surface area contributed by atoms with Crippen molar-refractivity contribution < 1.29 is 14.3 Å². The molecule has 1 unspecified atom stereocenters. The van der Waals surface area contributed by atoms with Gasteiger partial charge >= 0.3 is 6.03 Å². The van der Waals surface area contributed by atoms with Crippen molar-refractivity contribution in [1.29, 1.82) is 0 Å². The van der Waals surface area contributed by atoms with Crippen LogP contribution in [-0.2, 0) is 0 Å². The fraction of sp³-hybridized carbons (Fsp3) is 0.350. The van der Waals surface area contributed by atoms with Crippen LogP contribution in [0.15, 0.2) is 40.9 Å². The Bertz CT molecular complexity index is 840. The average molecular weight is 417 g/mol. The first-order valence-corrected chi connectivity index (χ1v) is 9.64. The number of carbonyl (C=O) groups is 1. The molecule has 136 valence electrons. The van der Waals surface area contributed by atoms with Gasteiger partial charge in [-0.15, -0.1) is 0 Å². The van der Waals surface area contributed by atoms with Crippen LogP contribution in [0.5, 0.6) is 11.5 Å². The Hall–Kier alpha value is -2.21. The van der Waals surface area contributed by atoms with Gasteiger partial charge in [-0.2, -0.15) is 0 Å². The Labute approximate surface area is 161 Å². The second-order valence-corrected chi connectivity index (χ2v) is 7.50. The summed E-state index contributed by atoms with van der Waals surface area (Å²) in [4.78, 5) is 14.7. The number of nitrogens with one attached hydrogen (secondary N) is 1. The molecule has 2 aliphatic heterocycles. The van der Waals surface area contributed by atoms with E-state index >= 15 is 0 Å². The molecule has 0 radical (unpaired) electrons. The van der Waals surface area contributed by atoms with Crippen molar-refractivity contribution in [2.24, 2.45) is 0 Å². The summed E-state index contributed by atoms with van der Waals surface area (Å²) in [5, 5.41) is 3.02. The van der Waals surface area contributed by atoms with Crippen molar-refractivity contribution in [2.45, 2.75) is 25.8 Å². The number of carbonyl (C=O) groups excluding carboxylic acids is 1. The molecule has 2 amide bonds. The zero-order chi connectivity index (χ0) is 18.1. The van der Waals surface area contributed by atoms with Crippen LogP contribution in [0.2, 0.25) is 0 Å². The SMILES string of the molecule is Cc1ccc(NC(=O)N2CCCC2c2ccc3c(c2)OCCO3)cc1Br. The summed E-state index contributed by atoms with van der Waals surface area (Å²) in [6, 6.07) is 11.8. The minimum Gasteiger partial charge on any atom is -0.486 e. The molecular weight excluding hydrogens is 396 g/mol. The molecule has 6 heteroatoms. The van der Waals surface area contributed by atoms with Crippen molar-refractivity contribution in [1.82, 2.24) is 4.90 Å².